The highest BCUT2D eigenvalue weighted by atomic mass is 16.5. The number of benzene rings is 2. The number of phenols is 1. The van der Waals surface area contributed by atoms with Gasteiger partial charge in [0.2, 0.25) is 0 Å². The molecule has 0 bridgehead atoms. The van der Waals surface area contributed by atoms with Gasteiger partial charge >= 0.3 is 0 Å². The molecule has 0 fully saturated rings. The fraction of sp³-hybridized carbons (Fsp3) is 0.333. The van der Waals surface area contributed by atoms with E-state index in [1.165, 1.54) is 11.1 Å². The van der Waals surface area contributed by atoms with E-state index in [0.717, 1.165) is 18.5 Å². The minimum atomic E-state index is 0.0979. The molecule has 1 atom stereocenters. The van der Waals surface area contributed by atoms with Gasteiger partial charge in [-0.15, -0.1) is 0 Å². The van der Waals surface area contributed by atoms with Crippen LogP contribution in [0.4, 0.5) is 0 Å². The molecule has 21 heavy (non-hydrogen) atoms. The summed E-state index contributed by atoms with van der Waals surface area (Å²) < 4.78 is 5.10. The van der Waals surface area contributed by atoms with Crippen LogP contribution in [0.2, 0.25) is 0 Å². The number of phenolic OH excluding ortho intramolecular Hbond substituents is 1. The Morgan fingerprint density at radius 1 is 1.19 bits per heavy atom. The second-order valence-electron chi connectivity index (χ2n) is 5.34. The van der Waals surface area contributed by atoms with Crippen LogP contribution in [0.15, 0.2) is 42.5 Å². The molecule has 0 heterocycles. The number of aryl methyl sites for hydroxylation is 1. The summed E-state index contributed by atoms with van der Waals surface area (Å²) in [7, 11) is 1.60. The molecule has 3 nitrogen and oxygen atoms in total. The highest BCUT2D eigenvalue weighted by Crippen LogP contribution is 2.28. The quantitative estimate of drug-likeness (QED) is 0.852. The van der Waals surface area contributed by atoms with E-state index in [4.69, 9.17) is 4.74 Å². The third-order valence-corrected chi connectivity index (χ3v) is 3.65. The van der Waals surface area contributed by atoms with Gasteiger partial charge in [-0.25, -0.2) is 0 Å². The van der Waals surface area contributed by atoms with Gasteiger partial charge in [0.25, 0.3) is 0 Å². The van der Waals surface area contributed by atoms with Gasteiger partial charge in [-0.1, -0.05) is 35.9 Å². The fourth-order valence-corrected chi connectivity index (χ4v) is 2.43. The van der Waals surface area contributed by atoms with Crippen molar-refractivity contribution in [3.8, 4) is 11.5 Å². The Kier molecular flexibility index (Phi) is 5.23. The molecule has 2 aromatic carbocycles. The lowest BCUT2D eigenvalue weighted by Crippen LogP contribution is -2.21. The number of rotatable bonds is 6. The van der Waals surface area contributed by atoms with Crippen molar-refractivity contribution in [3.05, 3.63) is 59.2 Å². The molecule has 0 aromatic heterocycles. The topological polar surface area (TPSA) is 41.5 Å². The Hall–Kier alpha value is -2.00. The first-order chi connectivity index (χ1) is 10.1. The predicted molar refractivity (Wildman–Crippen MR) is 86.0 cm³/mol. The van der Waals surface area contributed by atoms with Crippen molar-refractivity contribution in [2.24, 2.45) is 0 Å². The number of hydrogen-bond donors (Lipinski definition) is 2. The van der Waals surface area contributed by atoms with Crippen LogP contribution >= 0.6 is 0 Å². The van der Waals surface area contributed by atoms with Crippen LogP contribution in [0.25, 0.3) is 0 Å². The van der Waals surface area contributed by atoms with Crippen molar-refractivity contribution in [1.29, 1.82) is 0 Å². The second kappa shape index (κ2) is 7.14. The molecule has 0 amide bonds. The van der Waals surface area contributed by atoms with Crippen LogP contribution in [0.5, 0.6) is 11.5 Å². The smallest absolute Gasteiger partial charge is 0.124 e. The Morgan fingerprint density at radius 2 is 2.00 bits per heavy atom. The fourth-order valence-electron chi connectivity index (χ4n) is 2.43. The van der Waals surface area contributed by atoms with Gasteiger partial charge in [-0.3, -0.25) is 0 Å². The maximum Gasteiger partial charge on any atom is 0.124 e. The summed E-state index contributed by atoms with van der Waals surface area (Å²) in [5.74, 6) is 0.938. The van der Waals surface area contributed by atoms with Crippen molar-refractivity contribution in [3.63, 3.8) is 0 Å². The monoisotopic (exact) mass is 285 g/mol. The summed E-state index contributed by atoms with van der Waals surface area (Å²) in [6, 6.07) is 14.1. The molecule has 0 aliphatic rings. The van der Waals surface area contributed by atoms with Gasteiger partial charge in [0.15, 0.2) is 0 Å². The van der Waals surface area contributed by atoms with E-state index in [2.05, 4.69) is 43.4 Å². The maximum absolute atomic E-state index is 10.0. The van der Waals surface area contributed by atoms with Crippen LogP contribution in [0.1, 0.15) is 29.7 Å². The molecule has 2 rings (SSSR count). The van der Waals surface area contributed by atoms with Gasteiger partial charge in [-0.2, -0.15) is 0 Å². The minimum Gasteiger partial charge on any atom is -0.507 e. The van der Waals surface area contributed by atoms with Gasteiger partial charge in [0.1, 0.15) is 11.5 Å². The molecular formula is C18H23NO2. The van der Waals surface area contributed by atoms with E-state index in [9.17, 15) is 5.11 Å². The van der Waals surface area contributed by atoms with E-state index in [1.54, 1.807) is 13.2 Å². The molecule has 1 unspecified atom stereocenters. The molecule has 3 heteroatoms. The van der Waals surface area contributed by atoms with E-state index in [0.29, 0.717) is 5.75 Å². The molecule has 0 saturated carbocycles. The second-order valence-corrected chi connectivity index (χ2v) is 5.34. The number of hydrogen-bond acceptors (Lipinski definition) is 3. The third kappa shape index (κ3) is 4.23. The molecule has 2 N–H and O–H groups in total. The first-order valence-corrected chi connectivity index (χ1v) is 7.26. The lowest BCUT2D eigenvalue weighted by Gasteiger charge is -2.16. The SMILES string of the molecule is COc1ccc(C(C)NCCc2cccc(C)c2)c(O)c1. The van der Waals surface area contributed by atoms with Gasteiger partial charge in [-0.05, 0) is 38.4 Å². The molecule has 0 saturated heterocycles. The molecule has 0 spiro atoms. The lowest BCUT2D eigenvalue weighted by molar-refractivity contribution is 0.404. The van der Waals surface area contributed by atoms with Crippen molar-refractivity contribution in [2.45, 2.75) is 26.3 Å². The summed E-state index contributed by atoms with van der Waals surface area (Å²) in [6.07, 6.45) is 0.975. The zero-order chi connectivity index (χ0) is 15.2. The molecule has 0 aliphatic carbocycles. The van der Waals surface area contributed by atoms with E-state index >= 15 is 0 Å². The van der Waals surface area contributed by atoms with Crippen LogP contribution < -0.4 is 10.1 Å². The summed E-state index contributed by atoms with van der Waals surface area (Å²) in [5, 5.41) is 13.5. The highest BCUT2D eigenvalue weighted by Gasteiger charge is 2.10. The lowest BCUT2D eigenvalue weighted by atomic mass is 10.1. The van der Waals surface area contributed by atoms with Gasteiger partial charge in [0, 0.05) is 17.7 Å². The third-order valence-electron chi connectivity index (χ3n) is 3.65. The highest BCUT2D eigenvalue weighted by molar-refractivity contribution is 5.41. The van der Waals surface area contributed by atoms with E-state index in [-0.39, 0.29) is 11.8 Å². The zero-order valence-electron chi connectivity index (χ0n) is 12.9. The summed E-state index contributed by atoms with van der Waals surface area (Å²) >= 11 is 0. The van der Waals surface area contributed by atoms with E-state index < -0.39 is 0 Å². The Labute approximate surface area is 126 Å². The summed E-state index contributed by atoms with van der Waals surface area (Å²) in [6.45, 7) is 5.03. The molecule has 0 aliphatic heterocycles. The Balaban J connectivity index is 1.91. The van der Waals surface area contributed by atoms with Crippen molar-refractivity contribution < 1.29 is 9.84 Å². The van der Waals surface area contributed by atoms with Gasteiger partial charge < -0.3 is 15.2 Å². The maximum atomic E-state index is 10.0. The number of ether oxygens (including phenoxy) is 1. The van der Waals surface area contributed by atoms with Crippen LogP contribution in [0, 0.1) is 6.92 Å². The molecule has 112 valence electrons. The van der Waals surface area contributed by atoms with Crippen molar-refractivity contribution in [2.75, 3.05) is 13.7 Å². The number of aromatic hydroxyl groups is 1. The predicted octanol–water partition coefficient (Wildman–Crippen LogP) is 3.60. The van der Waals surface area contributed by atoms with E-state index in [1.807, 2.05) is 12.1 Å². The Morgan fingerprint density at radius 3 is 2.67 bits per heavy atom. The largest absolute Gasteiger partial charge is 0.507 e. The molecule has 2 aromatic rings. The first kappa shape index (κ1) is 15.4. The summed E-state index contributed by atoms with van der Waals surface area (Å²) in [5.41, 5.74) is 3.50. The van der Waals surface area contributed by atoms with Gasteiger partial charge in [0.05, 0.1) is 7.11 Å². The molecular weight excluding hydrogens is 262 g/mol. The normalized spacial score (nSPS) is 12.1. The van der Waals surface area contributed by atoms with Crippen LogP contribution in [0.3, 0.4) is 0 Å². The van der Waals surface area contributed by atoms with Crippen LogP contribution in [-0.4, -0.2) is 18.8 Å². The summed E-state index contributed by atoms with van der Waals surface area (Å²) in [4.78, 5) is 0. The average molecular weight is 285 g/mol. The minimum absolute atomic E-state index is 0.0979. The van der Waals surface area contributed by atoms with Crippen molar-refractivity contribution in [1.82, 2.24) is 5.32 Å². The standard InChI is InChI=1S/C18H23NO2/c1-13-5-4-6-15(11-13)9-10-19-14(2)17-8-7-16(21-3)12-18(17)20/h4-8,11-12,14,19-20H,9-10H2,1-3H3. The average Bonchev–Trinajstić information content (AvgIpc) is 2.47. The molecule has 0 radical (unpaired) electrons. The van der Waals surface area contributed by atoms with Crippen LogP contribution in [-0.2, 0) is 6.42 Å². The van der Waals surface area contributed by atoms with Crippen molar-refractivity contribution >= 4 is 0 Å². The zero-order valence-corrected chi connectivity index (χ0v) is 12.9. The number of nitrogens with one attached hydrogen (secondary N) is 1. The first-order valence-electron chi connectivity index (χ1n) is 7.26. The Bertz CT molecular complexity index is 596. The number of methoxy groups -OCH3 is 1.